The van der Waals surface area contributed by atoms with Gasteiger partial charge in [0.25, 0.3) is 0 Å². The lowest BCUT2D eigenvalue weighted by atomic mass is 9.62. The molecular formula is C25H26N6. The van der Waals surface area contributed by atoms with E-state index in [0.29, 0.717) is 0 Å². The summed E-state index contributed by atoms with van der Waals surface area (Å²) in [5, 5.41) is 0. The molecule has 0 radical (unpaired) electrons. The van der Waals surface area contributed by atoms with Crippen LogP contribution < -0.4 is 4.90 Å². The van der Waals surface area contributed by atoms with Crippen molar-refractivity contribution in [3.63, 3.8) is 0 Å². The van der Waals surface area contributed by atoms with Crippen molar-refractivity contribution in [3.8, 4) is 0 Å². The zero-order valence-corrected chi connectivity index (χ0v) is 18.1. The summed E-state index contributed by atoms with van der Waals surface area (Å²) in [4.78, 5) is 26.1. The van der Waals surface area contributed by atoms with Crippen LogP contribution in [0.3, 0.4) is 0 Å². The fourth-order valence-corrected chi connectivity index (χ4v) is 5.21. The number of fused-ring (bicyclic) bond motifs is 2. The molecule has 0 amide bonds. The predicted molar refractivity (Wildman–Crippen MR) is 122 cm³/mol. The number of aryl methyl sites for hydroxylation is 3. The molecular weight excluding hydrogens is 384 g/mol. The molecule has 0 spiro atoms. The van der Waals surface area contributed by atoms with E-state index in [2.05, 4.69) is 45.0 Å². The average molecular weight is 411 g/mol. The first-order chi connectivity index (χ1) is 15.1. The molecule has 2 aliphatic heterocycles. The lowest BCUT2D eigenvalue weighted by Gasteiger charge is -2.42. The Kier molecular flexibility index (Phi) is 4.16. The minimum absolute atomic E-state index is 0.0303. The van der Waals surface area contributed by atoms with Gasteiger partial charge in [-0.2, -0.15) is 0 Å². The highest BCUT2D eigenvalue weighted by Crippen LogP contribution is 2.48. The van der Waals surface area contributed by atoms with Gasteiger partial charge in [0.05, 0.1) is 33.9 Å². The number of hydrogen-bond acceptors (Lipinski definition) is 6. The van der Waals surface area contributed by atoms with E-state index in [1.807, 2.05) is 25.4 Å². The Morgan fingerprint density at radius 3 is 2.68 bits per heavy atom. The molecule has 6 rings (SSSR count). The molecule has 0 N–H and O–H groups in total. The summed E-state index contributed by atoms with van der Waals surface area (Å²) < 4.78 is 0. The molecule has 0 atom stereocenters. The molecule has 3 aromatic rings. The second-order valence-corrected chi connectivity index (χ2v) is 9.03. The Hall–Kier alpha value is -3.15. The van der Waals surface area contributed by atoms with Crippen LogP contribution in [0.15, 0.2) is 41.7 Å². The van der Waals surface area contributed by atoms with E-state index in [1.165, 1.54) is 34.8 Å². The Labute approximate surface area is 182 Å². The maximum Gasteiger partial charge on any atom is 0.136 e. The molecule has 1 fully saturated rings. The molecule has 0 bridgehead atoms. The van der Waals surface area contributed by atoms with Crippen molar-refractivity contribution in [3.05, 3.63) is 65.1 Å². The van der Waals surface area contributed by atoms with Gasteiger partial charge in [0.1, 0.15) is 11.6 Å². The van der Waals surface area contributed by atoms with Crippen LogP contribution in [-0.4, -0.2) is 32.2 Å². The molecule has 156 valence electrons. The van der Waals surface area contributed by atoms with Crippen LogP contribution >= 0.6 is 0 Å². The van der Waals surface area contributed by atoms with Crippen LogP contribution in [-0.2, 0) is 18.3 Å². The highest BCUT2D eigenvalue weighted by Gasteiger charge is 2.46. The van der Waals surface area contributed by atoms with Crippen LogP contribution in [0.4, 0.5) is 17.2 Å². The van der Waals surface area contributed by atoms with Gasteiger partial charge >= 0.3 is 0 Å². The first-order valence-corrected chi connectivity index (χ1v) is 11.2. The van der Waals surface area contributed by atoms with E-state index in [0.717, 1.165) is 61.7 Å². The van der Waals surface area contributed by atoms with Crippen molar-refractivity contribution in [2.45, 2.75) is 57.8 Å². The first-order valence-electron chi connectivity index (χ1n) is 11.2. The number of anilines is 2. The van der Waals surface area contributed by atoms with Crippen molar-refractivity contribution < 1.29 is 0 Å². The number of nitrogens with zero attached hydrogens (tertiary/aromatic N) is 6. The molecule has 1 aliphatic carbocycles. The zero-order valence-electron chi connectivity index (χ0n) is 18.1. The Bertz CT molecular complexity index is 1210. The lowest BCUT2D eigenvalue weighted by Crippen LogP contribution is -2.43. The average Bonchev–Trinajstić information content (AvgIpc) is 3.15. The predicted octanol–water partition coefficient (Wildman–Crippen LogP) is 4.72. The molecule has 6 nitrogen and oxygen atoms in total. The monoisotopic (exact) mass is 410 g/mol. The third kappa shape index (κ3) is 2.96. The molecule has 3 aromatic heterocycles. The fraction of sp³-hybridized carbons (Fsp3) is 0.400. The van der Waals surface area contributed by atoms with Crippen LogP contribution in [0.2, 0.25) is 0 Å². The summed E-state index contributed by atoms with van der Waals surface area (Å²) in [7, 11) is 0. The summed E-state index contributed by atoms with van der Waals surface area (Å²) >= 11 is 0. The summed E-state index contributed by atoms with van der Waals surface area (Å²) in [5.74, 6) is 1.75. The number of aromatic nitrogens is 4. The van der Waals surface area contributed by atoms with Gasteiger partial charge in [-0.05, 0) is 69.4 Å². The summed E-state index contributed by atoms with van der Waals surface area (Å²) in [6.07, 6.45) is 10.2. The maximum absolute atomic E-state index is 5.24. The smallest absolute Gasteiger partial charge is 0.136 e. The zero-order chi connectivity index (χ0) is 21.0. The Morgan fingerprint density at radius 1 is 0.968 bits per heavy atom. The fourth-order valence-electron chi connectivity index (χ4n) is 5.21. The molecule has 1 saturated carbocycles. The highest BCUT2D eigenvalue weighted by atomic mass is 15.2. The second-order valence-electron chi connectivity index (χ2n) is 9.03. The van der Waals surface area contributed by atoms with Gasteiger partial charge in [0, 0.05) is 31.1 Å². The summed E-state index contributed by atoms with van der Waals surface area (Å²) in [6.45, 7) is 4.98. The topological polar surface area (TPSA) is 67.2 Å². The Morgan fingerprint density at radius 2 is 1.87 bits per heavy atom. The number of rotatable bonds is 3. The molecule has 0 saturated heterocycles. The van der Waals surface area contributed by atoms with Crippen LogP contribution in [0.5, 0.6) is 0 Å². The van der Waals surface area contributed by atoms with Crippen molar-refractivity contribution in [2.75, 3.05) is 11.4 Å². The quantitative estimate of drug-likeness (QED) is 0.625. The summed E-state index contributed by atoms with van der Waals surface area (Å²) in [6, 6.07) is 8.63. The first kappa shape index (κ1) is 18.6. The van der Waals surface area contributed by atoms with Gasteiger partial charge in [-0.1, -0.05) is 6.42 Å². The van der Waals surface area contributed by atoms with Crippen molar-refractivity contribution >= 4 is 22.9 Å². The van der Waals surface area contributed by atoms with Crippen LogP contribution in [0, 0.1) is 13.8 Å². The van der Waals surface area contributed by atoms with Gasteiger partial charge < -0.3 is 4.90 Å². The van der Waals surface area contributed by atoms with Crippen LogP contribution in [0.25, 0.3) is 0 Å². The molecule has 3 aliphatic rings. The maximum atomic E-state index is 5.24. The third-order valence-corrected chi connectivity index (χ3v) is 7.00. The molecule has 5 heterocycles. The van der Waals surface area contributed by atoms with Crippen molar-refractivity contribution in [1.82, 2.24) is 19.9 Å². The minimum atomic E-state index is -0.0303. The van der Waals surface area contributed by atoms with E-state index < -0.39 is 0 Å². The third-order valence-electron chi connectivity index (χ3n) is 7.00. The number of hydrogen-bond donors (Lipinski definition) is 0. The molecule has 0 aromatic carbocycles. The molecule has 6 heteroatoms. The molecule has 31 heavy (non-hydrogen) atoms. The van der Waals surface area contributed by atoms with E-state index in [4.69, 9.17) is 9.98 Å². The van der Waals surface area contributed by atoms with Crippen LogP contribution in [0.1, 0.15) is 54.2 Å². The largest absolute Gasteiger partial charge is 0.325 e. The minimum Gasteiger partial charge on any atom is -0.325 e. The number of pyridine rings is 2. The van der Waals surface area contributed by atoms with Gasteiger partial charge in [-0.15, -0.1) is 0 Å². The van der Waals surface area contributed by atoms with E-state index in [1.54, 1.807) is 0 Å². The molecule has 0 unspecified atom stereocenters. The standard InChI is InChI=1S/C25H26N6/c1-16-13-20-19(27-15-16)14-23(30-20)25(9-4-10-25)22-7-6-21-18(29-22)5-3-12-31(21)24-8-11-26-17(2)28-24/h6-8,11,13,15H,3-5,9-10,12,14H2,1-2H3. The van der Waals surface area contributed by atoms with Crippen molar-refractivity contribution in [2.24, 2.45) is 4.99 Å². The van der Waals surface area contributed by atoms with E-state index in [-0.39, 0.29) is 5.41 Å². The lowest BCUT2D eigenvalue weighted by molar-refractivity contribution is 0.329. The van der Waals surface area contributed by atoms with Crippen molar-refractivity contribution in [1.29, 1.82) is 0 Å². The second kappa shape index (κ2) is 6.94. The highest BCUT2D eigenvalue weighted by molar-refractivity contribution is 6.01. The normalized spacial score (nSPS) is 18.8. The van der Waals surface area contributed by atoms with Gasteiger partial charge in [0.15, 0.2) is 0 Å². The van der Waals surface area contributed by atoms with Gasteiger partial charge in [-0.25, -0.2) is 9.97 Å². The van der Waals surface area contributed by atoms with Gasteiger partial charge in [-0.3, -0.25) is 15.0 Å². The number of aliphatic imine (C=N–C) groups is 1. The van der Waals surface area contributed by atoms with Gasteiger partial charge in [0.2, 0.25) is 0 Å². The SMILES string of the molecule is Cc1cnc2c(c1)N=C(C1(c3ccc4c(n3)CCCN4c3ccnc(C)n3)CCC1)C2. The summed E-state index contributed by atoms with van der Waals surface area (Å²) in [5.41, 5.74) is 8.07. The Balaban J connectivity index is 1.37. The van der Waals surface area contributed by atoms with E-state index >= 15 is 0 Å². The van der Waals surface area contributed by atoms with E-state index in [9.17, 15) is 0 Å².